The van der Waals surface area contributed by atoms with Gasteiger partial charge in [0.15, 0.2) is 5.78 Å². The van der Waals surface area contributed by atoms with Crippen LogP contribution in [-0.2, 0) is 0 Å². The average molecular weight is 187 g/mol. The lowest BCUT2D eigenvalue weighted by molar-refractivity contribution is 0.103. The fourth-order valence-corrected chi connectivity index (χ4v) is 1.66. The largest absolute Gasteiger partial charge is 0.289 e. The Morgan fingerprint density at radius 2 is 2.29 bits per heavy atom. The molecule has 1 aliphatic carbocycles. The summed E-state index contributed by atoms with van der Waals surface area (Å²) < 4.78 is 0. The molecule has 1 aromatic rings. The molecular formula is C12H13NO. The van der Waals surface area contributed by atoms with Crippen molar-refractivity contribution in [3.8, 4) is 0 Å². The predicted octanol–water partition coefficient (Wildman–Crippen LogP) is 2.68. The van der Waals surface area contributed by atoms with E-state index in [0.29, 0.717) is 5.56 Å². The number of Topliss-reactive ketones (excluding diaryl/α,β-unsaturated/α-hetero) is 1. The highest BCUT2D eigenvalue weighted by molar-refractivity contribution is 6.08. The van der Waals surface area contributed by atoms with Crippen molar-refractivity contribution in [3.05, 3.63) is 41.2 Å². The van der Waals surface area contributed by atoms with Gasteiger partial charge in [-0.3, -0.25) is 9.78 Å². The molecule has 0 aliphatic heterocycles. The van der Waals surface area contributed by atoms with E-state index in [2.05, 4.69) is 4.98 Å². The number of allylic oxidation sites excluding steroid dienone is 2. The third-order valence-corrected chi connectivity index (χ3v) is 2.51. The summed E-state index contributed by atoms with van der Waals surface area (Å²) in [5.74, 6) is 0.148. The Hall–Kier alpha value is -1.44. The van der Waals surface area contributed by atoms with Crippen LogP contribution in [0.4, 0.5) is 0 Å². The number of carbonyl (C=O) groups is 1. The Kier molecular flexibility index (Phi) is 2.44. The summed E-state index contributed by atoms with van der Waals surface area (Å²) in [5.41, 5.74) is 2.61. The second kappa shape index (κ2) is 3.74. The van der Waals surface area contributed by atoms with Gasteiger partial charge >= 0.3 is 0 Å². The second-order valence-corrected chi connectivity index (χ2v) is 3.64. The summed E-state index contributed by atoms with van der Waals surface area (Å²) in [5, 5.41) is 0. The number of hydrogen-bond acceptors (Lipinski definition) is 2. The molecule has 2 heteroatoms. The van der Waals surface area contributed by atoms with Crippen molar-refractivity contribution in [1.82, 2.24) is 4.98 Å². The molecule has 0 saturated carbocycles. The lowest BCUT2D eigenvalue weighted by Crippen LogP contribution is -2.02. The van der Waals surface area contributed by atoms with Gasteiger partial charge in [-0.1, -0.05) is 6.08 Å². The topological polar surface area (TPSA) is 30.0 Å². The lowest BCUT2D eigenvalue weighted by atomic mass is 10.0. The zero-order chi connectivity index (χ0) is 9.97. The van der Waals surface area contributed by atoms with Gasteiger partial charge in [0, 0.05) is 17.5 Å². The summed E-state index contributed by atoms with van der Waals surface area (Å²) in [6, 6.07) is 3.73. The summed E-state index contributed by atoms with van der Waals surface area (Å²) in [6.07, 6.45) is 6.78. The number of nitrogens with zero attached hydrogens (tertiary/aromatic N) is 1. The highest BCUT2D eigenvalue weighted by Gasteiger charge is 2.14. The zero-order valence-electron chi connectivity index (χ0n) is 8.29. The van der Waals surface area contributed by atoms with Gasteiger partial charge < -0.3 is 0 Å². The quantitative estimate of drug-likeness (QED) is 0.666. The Morgan fingerprint density at radius 3 is 2.86 bits per heavy atom. The smallest absolute Gasteiger partial charge is 0.190 e. The summed E-state index contributed by atoms with van der Waals surface area (Å²) in [4.78, 5) is 16.0. The van der Waals surface area contributed by atoms with Gasteiger partial charge in [0.25, 0.3) is 0 Å². The van der Waals surface area contributed by atoms with E-state index in [9.17, 15) is 4.79 Å². The molecule has 0 fully saturated rings. The molecule has 0 aromatic carbocycles. The number of hydrogen-bond donors (Lipinski definition) is 0. The van der Waals surface area contributed by atoms with Crippen molar-refractivity contribution in [2.45, 2.75) is 26.2 Å². The van der Waals surface area contributed by atoms with Gasteiger partial charge in [0.05, 0.1) is 0 Å². The lowest BCUT2D eigenvalue weighted by Gasteiger charge is -2.00. The second-order valence-electron chi connectivity index (χ2n) is 3.64. The van der Waals surface area contributed by atoms with Crippen LogP contribution in [0, 0.1) is 6.92 Å². The Balaban J connectivity index is 2.22. The normalized spacial score (nSPS) is 15.4. The van der Waals surface area contributed by atoms with Crippen molar-refractivity contribution in [3.63, 3.8) is 0 Å². The van der Waals surface area contributed by atoms with E-state index in [1.54, 1.807) is 6.20 Å². The molecule has 72 valence electrons. The first kappa shape index (κ1) is 9.13. The van der Waals surface area contributed by atoms with Crippen LogP contribution in [0.5, 0.6) is 0 Å². The van der Waals surface area contributed by atoms with Crippen molar-refractivity contribution in [1.29, 1.82) is 0 Å². The third kappa shape index (κ3) is 1.74. The number of pyridine rings is 1. The van der Waals surface area contributed by atoms with Crippen LogP contribution in [0.2, 0.25) is 0 Å². The molecule has 2 nitrogen and oxygen atoms in total. The van der Waals surface area contributed by atoms with E-state index in [1.165, 1.54) is 0 Å². The average Bonchev–Trinajstić information content (AvgIpc) is 2.71. The van der Waals surface area contributed by atoms with Gasteiger partial charge in [-0.05, 0) is 43.9 Å². The molecule has 0 saturated heterocycles. The number of carbonyl (C=O) groups excluding carboxylic acids is 1. The van der Waals surface area contributed by atoms with Gasteiger partial charge in [-0.15, -0.1) is 0 Å². The molecular weight excluding hydrogens is 174 g/mol. The Bertz CT molecular complexity index is 376. The maximum Gasteiger partial charge on any atom is 0.190 e. The summed E-state index contributed by atoms with van der Waals surface area (Å²) in [6.45, 7) is 1.92. The van der Waals surface area contributed by atoms with E-state index in [1.807, 2.05) is 25.1 Å². The van der Waals surface area contributed by atoms with Crippen LogP contribution in [0.1, 0.15) is 35.3 Å². The molecule has 1 heterocycles. The number of aryl methyl sites for hydroxylation is 1. The molecule has 0 bridgehead atoms. The first-order valence-corrected chi connectivity index (χ1v) is 4.94. The highest BCUT2D eigenvalue weighted by atomic mass is 16.1. The fourth-order valence-electron chi connectivity index (χ4n) is 1.66. The van der Waals surface area contributed by atoms with Gasteiger partial charge in [0.2, 0.25) is 0 Å². The number of aromatic nitrogens is 1. The fraction of sp³-hybridized carbons (Fsp3) is 0.333. The molecule has 1 aromatic heterocycles. The van der Waals surface area contributed by atoms with E-state index in [0.717, 1.165) is 30.5 Å². The maximum atomic E-state index is 11.8. The van der Waals surface area contributed by atoms with E-state index < -0.39 is 0 Å². The SMILES string of the molecule is Cc1ccc(C(=O)C2=CCCC2)cn1. The molecule has 14 heavy (non-hydrogen) atoms. The molecule has 0 unspecified atom stereocenters. The molecule has 2 rings (SSSR count). The highest BCUT2D eigenvalue weighted by Crippen LogP contribution is 2.21. The minimum atomic E-state index is 0.148. The molecule has 1 aliphatic rings. The third-order valence-electron chi connectivity index (χ3n) is 2.51. The first-order chi connectivity index (χ1) is 6.77. The van der Waals surface area contributed by atoms with E-state index in [-0.39, 0.29) is 5.78 Å². The van der Waals surface area contributed by atoms with Crippen molar-refractivity contribution in [2.75, 3.05) is 0 Å². The van der Waals surface area contributed by atoms with Crippen LogP contribution < -0.4 is 0 Å². The molecule has 0 radical (unpaired) electrons. The van der Waals surface area contributed by atoms with Crippen LogP contribution >= 0.6 is 0 Å². The monoisotopic (exact) mass is 187 g/mol. The van der Waals surface area contributed by atoms with Crippen LogP contribution in [-0.4, -0.2) is 10.8 Å². The Morgan fingerprint density at radius 1 is 1.43 bits per heavy atom. The standard InChI is InChI=1S/C12H13NO/c1-9-6-7-11(8-13-9)12(14)10-4-2-3-5-10/h4,6-8H,2-3,5H2,1H3. The number of rotatable bonds is 2. The minimum absolute atomic E-state index is 0.148. The van der Waals surface area contributed by atoms with E-state index >= 15 is 0 Å². The van der Waals surface area contributed by atoms with Crippen molar-refractivity contribution < 1.29 is 4.79 Å². The maximum absolute atomic E-state index is 11.8. The van der Waals surface area contributed by atoms with Crippen molar-refractivity contribution >= 4 is 5.78 Å². The van der Waals surface area contributed by atoms with Crippen LogP contribution in [0.15, 0.2) is 30.0 Å². The molecule has 0 spiro atoms. The summed E-state index contributed by atoms with van der Waals surface area (Å²) >= 11 is 0. The predicted molar refractivity (Wildman–Crippen MR) is 55.2 cm³/mol. The van der Waals surface area contributed by atoms with Crippen molar-refractivity contribution in [2.24, 2.45) is 0 Å². The minimum Gasteiger partial charge on any atom is -0.289 e. The van der Waals surface area contributed by atoms with Crippen LogP contribution in [0.25, 0.3) is 0 Å². The summed E-state index contributed by atoms with van der Waals surface area (Å²) in [7, 11) is 0. The zero-order valence-corrected chi connectivity index (χ0v) is 8.29. The molecule has 0 N–H and O–H groups in total. The molecule has 0 atom stereocenters. The van der Waals surface area contributed by atoms with Gasteiger partial charge in [-0.25, -0.2) is 0 Å². The van der Waals surface area contributed by atoms with Crippen LogP contribution in [0.3, 0.4) is 0 Å². The van der Waals surface area contributed by atoms with Gasteiger partial charge in [-0.2, -0.15) is 0 Å². The van der Waals surface area contributed by atoms with E-state index in [4.69, 9.17) is 0 Å². The molecule has 0 amide bonds. The van der Waals surface area contributed by atoms with Gasteiger partial charge in [0.1, 0.15) is 0 Å². The number of ketones is 1. The first-order valence-electron chi connectivity index (χ1n) is 4.94. The Labute approximate surface area is 83.7 Å².